The molecule has 5 nitrogen and oxygen atoms in total. The van der Waals surface area contributed by atoms with Gasteiger partial charge in [0.25, 0.3) is 0 Å². The number of thiophene rings is 1. The second kappa shape index (κ2) is 4.99. The molecule has 4 rings (SSSR count). The number of benzene rings is 1. The van der Waals surface area contributed by atoms with E-state index >= 15 is 0 Å². The van der Waals surface area contributed by atoms with Gasteiger partial charge in [-0.3, -0.25) is 0 Å². The zero-order valence-electron chi connectivity index (χ0n) is 10.9. The molecular weight excluding hydrogens is 282 g/mol. The molecule has 3 heterocycles. The number of fused-ring (bicyclic) bond motifs is 1. The summed E-state index contributed by atoms with van der Waals surface area (Å²) in [5.74, 6) is 1.54. The predicted octanol–water partition coefficient (Wildman–Crippen LogP) is 3.83. The van der Waals surface area contributed by atoms with E-state index in [4.69, 9.17) is 0 Å². The summed E-state index contributed by atoms with van der Waals surface area (Å²) in [5.41, 5.74) is 2.45. The number of nitrogens with one attached hydrogen (secondary N) is 2. The predicted molar refractivity (Wildman–Crippen MR) is 84.7 cm³/mol. The molecule has 0 saturated heterocycles. The number of imidazole rings is 1. The summed E-state index contributed by atoms with van der Waals surface area (Å²) in [6.07, 6.45) is 1.52. The van der Waals surface area contributed by atoms with Crippen LogP contribution >= 0.6 is 11.3 Å². The standard InChI is InChI=1S/C15H11N5S/c1-2-5-10(6-3-1)18-14-12-15(17-9-16-14)20-13(19-12)11-7-4-8-21-11/h1-9H,(H2,16,17,18,19,20). The van der Waals surface area contributed by atoms with Crippen molar-refractivity contribution in [2.75, 3.05) is 5.32 Å². The molecule has 6 heteroatoms. The molecule has 4 aromatic rings. The monoisotopic (exact) mass is 293 g/mol. The Balaban J connectivity index is 1.79. The maximum atomic E-state index is 4.52. The summed E-state index contributed by atoms with van der Waals surface area (Å²) in [5, 5.41) is 5.31. The first-order chi connectivity index (χ1) is 10.4. The van der Waals surface area contributed by atoms with Gasteiger partial charge in [0.15, 0.2) is 17.3 Å². The Morgan fingerprint density at radius 1 is 1.00 bits per heavy atom. The molecule has 3 aromatic heterocycles. The van der Waals surface area contributed by atoms with Crippen LogP contribution in [0.3, 0.4) is 0 Å². The fourth-order valence-corrected chi connectivity index (χ4v) is 2.78. The number of aromatic amines is 1. The molecule has 0 aliphatic rings. The normalized spacial score (nSPS) is 10.9. The summed E-state index contributed by atoms with van der Waals surface area (Å²) in [4.78, 5) is 17.4. The van der Waals surface area contributed by atoms with Gasteiger partial charge in [-0.1, -0.05) is 24.3 Å². The van der Waals surface area contributed by atoms with Gasteiger partial charge in [-0.05, 0) is 23.6 Å². The van der Waals surface area contributed by atoms with Crippen molar-refractivity contribution in [3.05, 3.63) is 54.2 Å². The molecule has 0 aliphatic carbocycles. The van der Waals surface area contributed by atoms with Gasteiger partial charge < -0.3 is 10.3 Å². The van der Waals surface area contributed by atoms with E-state index in [9.17, 15) is 0 Å². The SMILES string of the molecule is c1ccc(Nc2ncnc3nc(-c4cccs4)[nH]c23)cc1. The Labute approximate surface area is 124 Å². The lowest BCUT2D eigenvalue weighted by atomic mass is 10.3. The Kier molecular flexibility index (Phi) is 2.86. The Morgan fingerprint density at radius 3 is 2.71 bits per heavy atom. The minimum atomic E-state index is 0.659. The van der Waals surface area contributed by atoms with Crippen molar-refractivity contribution >= 4 is 34.0 Å². The Bertz CT molecular complexity index is 868. The highest BCUT2D eigenvalue weighted by Crippen LogP contribution is 2.27. The minimum Gasteiger partial charge on any atom is -0.338 e. The average Bonchev–Trinajstić information content (AvgIpc) is 3.18. The van der Waals surface area contributed by atoms with Crippen LogP contribution in [0.2, 0.25) is 0 Å². The summed E-state index contributed by atoms with van der Waals surface area (Å²) >= 11 is 1.64. The molecule has 0 bridgehead atoms. The van der Waals surface area contributed by atoms with Crippen molar-refractivity contribution in [2.45, 2.75) is 0 Å². The van der Waals surface area contributed by atoms with Crippen molar-refractivity contribution in [3.8, 4) is 10.7 Å². The van der Waals surface area contributed by atoms with Crippen LogP contribution in [-0.4, -0.2) is 19.9 Å². The molecular formula is C15H11N5S. The molecule has 0 saturated carbocycles. The first-order valence-electron chi connectivity index (χ1n) is 6.47. The van der Waals surface area contributed by atoms with Crippen LogP contribution in [0.4, 0.5) is 11.5 Å². The lowest BCUT2D eigenvalue weighted by molar-refractivity contribution is 1.20. The molecule has 102 valence electrons. The summed E-state index contributed by atoms with van der Waals surface area (Å²) < 4.78 is 0. The number of nitrogens with zero attached hydrogens (tertiary/aromatic N) is 3. The minimum absolute atomic E-state index is 0.659. The molecule has 0 amide bonds. The van der Waals surface area contributed by atoms with Gasteiger partial charge >= 0.3 is 0 Å². The zero-order chi connectivity index (χ0) is 14.1. The summed E-state index contributed by atoms with van der Waals surface area (Å²) in [6, 6.07) is 13.9. The first-order valence-corrected chi connectivity index (χ1v) is 7.35. The maximum absolute atomic E-state index is 4.52. The molecule has 0 unspecified atom stereocenters. The van der Waals surface area contributed by atoms with Crippen LogP contribution in [0.15, 0.2) is 54.2 Å². The van der Waals surface area contributed by atoms with Gasteiger partial charge in [0.1, 0.15) is 11.8 Å². The second-order valence-corrected chi connectivity index (χ2v) is 5.42. The van der Waals surface area contributed by atoms with Gasteiger partial charge in [0.2, 0.25) is 0 Å². The highest BCUT2D eigenvalue weighted by Gasteiger charge is 2.11. The van der Waals surface area contributed by atoms with Crippen LogP contribution in [-0.2, 0) is 0 Å². The molecule has 21 heavy (non-hydrogen) atoms. The molecule has 0 aliphatic heterocycles. The van der Waals surface area contributed by atoms with Gasteiger partial charge in [-0.15, -0.1) is 11.3 Å². The lowest BCUT2D eigenvalue weighted by Gasteiger charge is -2.04. The van der Waals surface area contributed by atoms with Crippen LogP contribution in [0.25, 0.3) is 21.9 Å². The number of aromatic nitrogens is 4. The van der Waals surface area contributed by atoms with Gasteiger partial charge in [0, 0.05) is 5.69 Å². The van der Waals surface area contributed by atoms with Crippen molar-refractivity contribution in [1.29, 1.82) is 0 Å². The number of rotatable bonds is 3. The maximum Gasteiger partial charge on any atom is 0.183 e. The number of anilines is 2. The molecule has 1 aromatic carbocycles. The Hall–Kier alpha value is -2.73. The molecule has 0 fully saturated rings. The largest absolute Gasteiger partial charge is 0.338 e. The number of para-hydroxylation sites is 1. The van der Waals surface area contributed by atoms with Gasteiger partial charge in [-0.25, -0.2) is 15.0 Å². The molecule has 0 radical (unpaired) electrons. The van der Waals surface area contributed by atoms with Crippen molar-refractivity contribution < 1.29 is 0 Å². The number of H-pyrrole nitrogens is 1. The van der Waals surface area contributed by atoms with Crippen LogP contribution in [0.1, 0.15) is 0 Å². The van der Waals surface area contributed by atoms with Crippen LogP contribution in [0.5, 0.6) is 0 Å². The van der Waals surface area contributed by atoms with E-state index in [1.54, 1.807) is 11.3 Å². The number of hydrogen-bond donors (Lipinski definition) is 2. The van der Waals surface area contributed by atoms with Crippen molar-refractivity contribution in [3.63, 3.8) is 0 Å². The van der Waals surface area contributed by atoms with E-state index in [1.165, 1.54) is 6.33 Å². The zero-order valence-corrected chi connectivity index (χ0v) is 11.8. The van der Waals surface area contributed by atoms with Gasteiger partial charge in [0.05, 0.1) is 4.88 Å². The van der Waals surface area contributed by atoms with E-state index in [1.807, 2.05) is 47.8 Å². The smallest absolute Gasteiger partial charge is 0.183 e. The first kappa shape index (κ1) is 12.0. The van der Waals surface area contributed by atoms with E-state index in [0.29, 0.717) is 5.65 Å². The number of hydrogen-bond acceptors (Lipinski definition) is 5. The third-order valence-corrected chi connectivity index (χ3v) is 3.96. The molecule has 0 atom stereocenters. The third kappa shape index (κ3) is 2.25. The topological polar surface area (TPSA) is 66.5 Å². The quantitative estimate of drug-likeness (QED) is 0.602. The molecule has 0 spiro atoms. The second-order valence-electron chi connectivity index (χ2n) is 4.47. The average molecular weight is 293 g/mol. The van der Waals surface area contributed by atoms with Crippen LogP contribution in [0, 0.1) is 0 Å². The fraction of sp³-hybridized carbons (Fsp3) is 0. The van der Waals surface area contributed by atoms with E-state index in [2.05, 4.69) is 25.3 Å². The Morgan fingerprint density at radius 2 is 1.90 bits per heavy atom. The van der Waals surface area contributed by atoms with E-state index < -0.39 is 0 Å². The fourth-order valence-electron chi connectivity index (χ4n) is 2.11. The summed E-state index contributed by atoms with van der Waals surface area (Å²) in [6.45, 7) is 0. The lowest BCUT2D eigenvalue weighted by Crippen LogP contribution is -1.95. The summed E-state index contributed by atoms with van der Waals surface area (Å²) in [7, 11) is 0. The van der Waals surface area contributed by atoms with Crippen LogP contribution < -0.4 is 5.32 Å². The van der Waals surface area contributed by atoms with Crippen molar-refractivity contribution in [2.24, 2.45) is 0 Å². The van der Waals surface area contributed by atoms with E-state index in [0.717, 1.165) is 27.7 Å². The highest BCUT2D eigenvalue weighted by atomic mass is 32.1. The van der Waals surface area contributed by atoms with Gasteiger partial charge in [-0.2, -0.15) is 0 Å². The third-order valence-electron chi connectivity index (χ3n) is 3.08. The van der Waals surface area contributed by atoms with E-state index in [-0.39, 0.29) is 0 Å². The van der Waals surface area contributed by atoms with Crippen molar-refractivity contribution in [1.82, 2.24) is 19.9 Å². The molecule has 2 N–H and O–H groups in total. The highest BCUT2D eigenvalue weighted by molar-refractivity contribution is 7.13.